The first-order valence-corrected chi connectivity index (χ1v) is 8.94. The van der Waals surface area contributed by atoms with Gasteiger partial charge in [-0.25, -0.2) is 14.8 Å². The number of para-hydroxylation sites is 1. The number of fused-ring (bicyclic) bond motifs is 1. The first-order chi connectivity index (χ1) is 14.1. The fourth-order valence-corrected chi connectivity index (χ4v) is 2.88. The molecule has 3 aromatic carbocycles. The summed E-state index contributed by atoms with van der Waals surface area (Å²) < 4.78 is 5.39. The standard InChI is InChI=1S/C23H18N4O2/c24-20-10-5-15(11-21(20)25)13-26-14-27-18-8-6-16(7-9-18)19-12-17-3-1-2-4-22(17)29-23(19)28/h1-14H,24-25H2. The molecule has 0 fully saturated rings. The summed E-state index contributed by atoms with van der Waals surface area (Å²) >= 11 is 0. The van der Waals surface area contributed by atoms with Crippen molar-refractivity contribution in [1.82, 2.24) is 0 Å². The molecule has 142 valence electrons. The lowest BCUT2D eigenvalue weighted by Gasteiger charge is -2.03. The molecule has 1 aromatic heterocycles. The van der Waals surface area contributed by atoms with Crippen LogP contribution in [-0.2, 0) is 0 Å². The molecule has 0 bridgehead atoms. The Labute approximate surface area is 166 Å². The number of nitrogens with zero attached hydrogens (tertiary/aromatic N) is 2. The largest absolute Gasteiger partial charge is 0.422 e. The average molecular weight is 382 g/mol. The highest BCUT2D eigenvalue weighted by molar-refractivity contribution is 5.88. The second-order valence-electron chi connectivity index (χ2n) is 6.44. The molecule has 6 nitrogen and oxygen atoms in total. The first-order valence-electron chi connectivity index (χ1n) is 8.94. The van der Waals surface area contributed by atoms with E-state index in [0.717, 1.165) is 16.5 Å². The second-order valence-corrected chi connectivity index (χ2v) is 6.44. The second kappa shape index (κ2) is 7.82. The number of nitrogens with two attached hydrogens (primary N) is 2. The van der Waals surface area contributed by atoms with Crippen LogP contribution < -0.4 is 17.1 Å². The van der Waals surface area contributed by atoms with Crippen LogP contribution in [0.3, 0.4) is 0 Å². The minimum absolute atomic E-state index is 0.368. The lowest BCUT2D eigenvalue weighted by molar-refractivity contribution is 0.563. The zero-order valence-corrected chi connectivity index (χ0v) is 15.4. The molecule has 0 aliphatic carbocycles. The van der Waals surface area contributed by atoms with Crippen molar-refractivity contribution in [1.29, 1.82) is 0 Å². The third kappa shape index (κ3) is 4.06. The van der Waals surface area contributed by atoms with Crippen molar-refractivity contribution in [3.05, 3.63) is 88.8 Å². The number of hydrogen-bond acceptors (Lipinski definition) is 5. The normalized spacial score (nSPS) is 11.6. The van der Waals surface area contributed by atoms with E-state index in [1.54, 1.807) is 24.4 Å². The molecule has 0 amide bonds. The smallest absolute Gasteiger partial charge is 0.344 e. The monoisotopic (exact) mass is 382 g/mol. The molecule has 4 aromatic rings. The van der Waals surface area contributed by atoms with Crippen LogP contribution in [0.2, 0.25) is 0 Å². The summed E-state index contributed by atoms with van der Waals surface area (Å²) in [5.74, 6) is 0. The fraction of sp³-hybridized carbons (Fsp3) is 0. The van der Waals surface area contributed by atoms with E-state index in [1.807, 2.05) is 54.6 Å². The summed E-state index contributed by atoms with van der Waals surface area (Å²) in [5, 5.41) is 0.877. The molecule has 0 saturated heterocycles. The maximum Gasteiger partial charge on any atom is 0.344 e. The van der Waals surface area contributed by atoms with Gasteiger partial charge >= 0.3 is 5.63 Å². The molecule has 0 atom stereocenters. The number of anilines is 2. The molecule has 4 rings (SSSR count). The zero-order valence-electron chi connectivity index (χ0n) is 15.4. The van der Waals surface area contributed by atoms with E-state index in [0.29, 0.717) is 28.2 Å². The Bertz CT molecular complexity index is 1290. The van der Waals surface area contributed by atoms with Crippen LogP contribution in [0.25, 0.3) is 22.1 Å². The predicted molar refractivity (Wildman–Crippen MR) is 119 cm³/mol. The molecule has 0 spiro atoms. The van der Waals surface area contributed by atoms with Crippen molar-refractivity contribution in [3.63, 3.8) is 0 Å². The van der Waals surface area contributed by atoms with Crippen molar-refractivity contribution in [3.8, 4) is 11.1 Å². The Morgan fingerprint density at radius 1 is 0.862 bits per heavy atom. The van der Waals surface area contributed by atoms with Gasteiger partial charge in [-0.2, -0.15) is 0 Å². The molecule has 0 saturated carbocycles. The summed E-state index contributed by atoms with van der Waals surface area (Å²) in [6.45, 7) is 0. The van der Waals surface area contributed by atoms with Gasteiger partial charge in [0.25, 0.3) is 0 Å². The lowest BCUT2D eigenvalue weighted by atomic mass is 10.1. The van der Waals surface area contributed by atoms with Crippen LogP contribution >= 0.6 is 0 Å². The summed E-state index contributed by atoms with van der Waals surface area (Å²) in [4.78, 5) is 20.7. The number of benzene rings is 3. The number of nitrogen functional groups attached to an aromatic ring is 2. The van der Waals surface area contributed by atoms with E-state index in [9.17, 15) is 4.79 Å². The average Bonchev–Trinajstić information content (AvgIpc) is 2.74. The van der Waals surface area contributed by atoms with Gasteiger partial charge in [0.05, 0.1) is 22.6 Å². The molecular formula is C23H18N4O2. The predicted octanol–water partition coefficient (Wildman–Crippen LogP) is 4.40. The summed E-state index contributed by atoms with van der Waals surface area (Å²) in [6, 6.07) is 21.9. The Morgan fingerprint density at radius 2 is 1.66 bits per heavy atom. The van der Waals surface area contributed by atoms with E-state index in [4.69, 9.17) is 15.9 Å². The fourth-order valence-electron chi connectivity index (χ4n) is 2.88. The Kier molecular flexibility index (Phi) is 4.90. The van der Waals surface area contributed by atoms with Crippen molar-refractivity contribution in [2.24, 2.45) is 9.98 Å². The van der Waals surface area contributed by atoms with E-state index in [-0.39, 0.29) is 5.63 Å². The third-order valence-corrected chi connectivity index (χ3v) is 4.43. The van der Waals surface area contributed by atoms with Crippen LogP contribution in [0.1, 0.15) is 5.56 Å². The van der Waals surface area contributed by atoms with Crippen molar-refractivity contribution in [2.75, 3.05) is 11.5 Å². The molecule has 0 aliphatic heterocycles. The van der Waals surface area contributed by atoms with E-state index < -0.39 is 0 Å². The van der Waals surface area contributed by atoms with Crippen LogP contribution in [0.15, 0.2) is 92.0 Å². The van der Waals surface area contributed by atoms with Gasteiger partial charge in [0.1, 0.15) is 11.9 Å². The minimum Gasteiger partial charge on any atom is -0.422 e. The summed E-state index contributed by atoms with van der Waals surface area (Å²) in [6.07, 6.45) is 3.10. The first kappa shape index (κ1) is 18.2. The Hall–Kier alpha value is -4.19. The van der Waals surface area contributed by atoms with Crippen LogP contribution in [-0.4, -0.2) is 12.6 Å². The minimum atomic E-state index is -0.368. The van der Waals surface area contributed by atoms with Crippen molar-refractivity contribution >= 4 is 40.6 Å². The maximum absolute atomic E-state index is 12.3. The maximum atomic E-state index is 12.3. The SMILES string of the molecule is Nc1ccc(C=NC=Nc2ccc(-c3cc4ccccc4oc3=O)cc2)cc1N. The number of hydrogen-bond donors (Lipinski definition) is 2. The van der Waals surface area contributed by atoms with Crippen molar-refractivity contribution < 1.29 is 4.42 Å². The van der Waals surface area contributed by atoms with Gasteiger partial charge in [-0.1, -0.05) is 36.4 Å². The van der Waals surface area contributed by atoms with Gasteiger partial charge in [0.2, 0.25) is 0 Å². The van der Waals surface area contributed by atoms with Gasteiger partial charge in [0.15, 0.2) is 0 Å². The van der Waals surface area contributed by atoms with E-state index >= 15 is 0 Å². The summed E-state index contributed by atoms with van der Waals surface area (Å²) in [5.41, 5.74) is 15.5. The van der Waals surface area contributed by atoms with Gasteiger partial charge < -0.3 is 15.9 Å². The third-order valence-electron chi connectivity index (χ3n) is 4.43. The molecule has 0 unspecified atom stereocenters. The van der Waals surface area contributed by atoms with E-state index in [2.05, 4.69) is 9.98 Å². The molecule has 1 heterocycles. The molecule has 29 heavy (non-hydrogen) atoms. The van der Waals surface area contributed by atoms with Gasteiger partial charge in [-0.05, 0) is 47.5 Å². The zero-order chi connectivity index (χ0) is 20.2. The highest BCUT2D eigenvalue weighted by Gasteiger charge is 2.07. The van der Waals surface area contributed by atoms with Crippen LogP contribution in [0, 0.1) is 0 Å². The molecule has 6 heteroatoms. The molecule has 0 aliphatic rings. The topological polar surface area (TPSA) is 107 Å². The van der Waals surface area contributed by atoms with Crippen LogP contribution in [0.5, 0.6) is 0 Å². The van der Waals surface area contributed by atoms with Gasteiger partial charge in [-0.3, -0.25) is 0 Å². The van der Waals surface area contributed by atoms with Gasteiger partial charge in [-0.15, -0.1) is 0 Å². The van der Waals surface area contributed by atoms with E-state index in [1.165, 1.54) is 6.34 Å². The number of aliphatic imine (C=N–C) groups is 2. The highest BCUT2D eigenvalue weighted by Crippen LogP contribution is 2.23. The highest BCUT2D eigenvalue weighted by atomic mass is 16.4. The van der Waals surface area contributed by atoms with Gasteiger partial charge in [0, 0.05) is 11.6 Å². The summed E-state index contributed by atoms with van der Waals surface area (Å²) in [7, 11) is 0. The quantitative estimate of drug-likeness (QED) is 0.236. The van der Waals surface area contributed by atoms with Crippen molar-refractivity contribution in [2.45, 2.75) is 0 Å². The number of rotatable bonds is 4. The molecule has 4 N–H and O–H groups in total. The molecule has 0 radical (unpaired) electrons. The Balaban J connectivity index is 1.51. The van der Waals surface area contributed by atoms with Crippen LogP contribution in [0.4, 0.5) is 17.1 Å². The Morgan fingerprint density at radius 3 is 2.45 bits per heavy atom. The lowest BCUT2D eigenvalue weighted by Crippen LogP contribution is -2.02. The molecular weight excluding hydrogens is 364 g/mol.